The van der Waals surface area contributed by atoms with Gasteiger partial charge < -0.3 is 10.8 Å². The molecule has 0 unspecified atom stereocenters. The Labute approximate surface area is 72.6 Å². The smallest absolute Gasteiger partial charge is 0.356 e. The third-order valence-corrected chi connectivity index (χ3v) is 1.60. The monoisotopic (exact) mass is 178 g/mol. The van der Waals surface area contributed by atoms with Gasteiger partial charge in [0.2, 0.25) is 0 Å². The molecule has 6 heteroatoms. The summed E-state index contributed by atoms with van der Waals surface area (Å²) in [6.07, 6.45) is 1.24. The van der Waals surface area contributed by atoms with Crippen molar-refractivity contribution >= 4 is 17.4 Å². The van der Waals surface area contributed by atoms with Gasteiger partial charge in [-0.25, -0.2) is 14.3 Å². The highest BCUT2D eigenvalue weighted by Crippen LogP contribution is 2.06. The van der Waals surface area contributed by atoms with Gasteiger partial charge in [-0.05, 0) is 12.1 Å². The number of nitrogens with two attached hydrogens (primary N) is 1. The SMILES string of the molecule is Nc1ccc2ncc(C(=O)O)n2n1. The number of hydrogen-bond donors (Lipinski definition) is 2. The van der Waals surface area contributed by atoms with Gasteiger partial charge in [-0.15, -0.1) is 5.10 Å². The fourth-order valence-corrected chi connectivity index (χ4v) is 1.03. The second-order valence-electron chi connectivity index (χ2n) is 2.48. The van der Waals surface area contributed by atoms with Crippen LogP contribution in [0.4, 0.5) is 5.82 Å². The predicted molar refractivity (Wildman–Crippen MR) is 44.4 cm³/mol. The molecule has 2 aromatic heterocycles. The molecule has 66 valence electrons. The maximum Gasteiger partial charge on any atom is 0.356 e. The summed E-state index contributed by atoms with van der Waals surface area (Å²) in [7, 11) is 0. The molecule has 0 spiro atoms. The van der Waals surface area contributed by atoms with E-state index in [1.165, 1.54) is 10.7 Å². The minimum Gasteiger partial charge on any atom is -0.476 e. The number of nitrogen functional groups attached to an aromatic ring is 1. The van der Waals surface area contributed by atoms with Crippen LogP contribution in [0.2, 0.25) is 0 Å². The molecule has 0 radical (unpaired) electrons. The lowest BCUT2D eigenvalue weighted by molar-refractivity contribution is 0.0688. The Bertz CT molecular complexity index is 476. The molecule has 13 heavy (non-hydrogen) atoms. The molecular formula is C7H6N4O2. The zero-order chi connectivity index (χ0) is 9.42. The van der Waals surface area contributed by atoms with Gasteiger partial charge in [0.1, 0.15) is 5.82 Å². The summed E-state index contributed by atoms with van der Waals surface area (Å²) in [5.74, 6) is -0.821. The molecule has 0 bridgehead atoms. The summed E-state index contributed by atoms with van der Waals surface area (Å²) in [6.45, 7) is 0. The molecule has 0 aliphatic carbocycles. The molecule has 0 saturated heterocycles. The van der Waals surface area contributed by atoms with Gasteiger partial charge in [-0.3, -0.25) is 0 Å². The van der Waals surface area contributed by atoms with Crippen molar-refractivity contribution in [3.8, 4) is 0 Å². The van der Waals surface area contributed by atoms with Crippen molar-refractivity contribution in [2.24, 2.45) is 0 Å². The van der Waals surface area contributed by atoms with E-state index in [1.807, 2.05) is 0 Å². The first kappa shape index (κ1) is 7.53. The highest BCUT2D eigenvalue weighted by Gasteiger charge is 2.10. The normalized spacial score (nSPS) is 10.5. The van der Waals surface area contributed by atoms with Crippen LogP contribution in [0, 0.1) is 0 Å². The van der Waals surface area contributed by atoms with Gasteiger partial charge in [-0.1, -0.05) is 0 Å². The van der Waals surface area contributed by atoms with Gasteiger partial charge in [0.05, 0.1) is 6.20 Å². The maximum atomic E-state index is 10.6. The van der Waals surface area contributed by atoms with Crippen molar-refractivity contribution in [2.75, 3.05) is 5.73 Å². The first-order valence-corrected chi connectivity index (χ1v) is 3.52. The van der Waals surface area contributed by atoms with Crippen LogP contribution in [-0.4, -0.2) is 25.7 Å². The second-order valence-corrected chi connectivity index (χ2v) is 2.48. The van der Waals surface area contributed by atoms with Gasteiger partial charge in [0.25, 0.3) is 0 Å². The lowest BCUT2D eigenvalue weighted by Crippen LogP contribution is -2.05. The molecule has 3 N–H and O–H groups in total. The molecule has 0 atom stereocenters. The van der Waals surface area contributed by atoms with Crippen molar-refractivity contribution in [3.63, 3.8) is 0 Å². The van der Waals surface area contributed by atoms with Crippen LogP contribution >= 0.6 is 0 Å². The summed E-state index contributed by atoms with van der Waals surface area (Å²) in [5, 5.41) is 12.5. The molecule has 0 fully saturated rings. The van der Waals surface area contributed by atoms with Gasteiger partial charge >= 0.3 is 5.97 Å². The lowest BCUT2D eigenvalue weighted by atomic mass is 10.5. The minimum atomic E-state index is -1.08. The number of carboxylic acid groups (broad SMARTS) is 1. The predicted octanol–water partition coefficient (Wildman–Crippen LogP) is 0.00970. The fourth-order valence-electron chi connectivity index (χ4n) is 1.03. The Kier molecular flexibility index (Phi) is 1.42. The number of hydrogen-bond acceptors (Lipinski definition) is 4. The van der Waals surface area contributed by atoms with E-state index in [4.69, 9.17) is 10.8 Å². The van der Waals surface area contributed by atoms with Crippen molar-refractivity contribution in [1.29, 1.82) is 0 Å². The van der Waals surface area contributed by atoms with Crippen LogP contribution in [-0.2, 0) is 0 Å². The molecule has 0 aliphatic rings. The van der Waals surface area contributed by atoms with E-state index < -0.39 is 5.97 Å². The number of rotatable bonds is 1. The van der Waals surface area contributed by atoms with E-state index in [0.717, 1.165) is 0 Å². The highest BCUT2D eigenvalue weighted by molar-refractivity contribution is 5.86. The number of anilines is 1. The number of aromatic nitrogens is 3. The topological polar surface area (TPSA) is 93.5 Å². The zero-order valence-corrected chi connectivity index (χ0v) is 6.51. The quantitative estimate of drug-likeness (QED) is 0.641. The molecule has 2 heterocycles. The van der Waals surface area contributed by atoms with Crippen LogP contribution in [0.5, 0.6) is 0 Å². The third kappa shape index (κ3) is 1.08. The zero-order valence-electron chi connectivity index (χ0n) is 6.51. The van der Waals surface area contributed by atoms with Crippen LogP contribution in [0.25, 0.3) is 5.65 Å². The second kappa shape index (κ2) is 2.44. The van der Waals surface area contributed by atoms with Crippen molar-refractivity contribution < 1.29 is 9.90 Å². The van der Waals surface area contributed by atoms with Crippen LogP contribution in [0.15, 0.2) is 18.3 Å². The molecular weight excluding hydrogens is 172 g/mol. The fraction of sp³-hybridized carbons (Fsp3) is 0. The number of carboxylic acids is 1. The number of nitrogens with zero attached hydrogens (tertiary/aromatic N) is 3. The Balaban J connectivity index is 2.79. The Hall–Kier alpha value is -2.11. The Morgan fingerprint density at radius 3 is 3.00 bits per heavy atom. The maximum absolute atomic E-state index is 10.6. The Morgan fingerprint density at radius 2 is 2.31 bits per heavy atom. The van der Waals surface area contributed by atoms with Gasteiger partial charge in [0.15, 0.2) is 11.3 Å². The summed E-state index contributed by atoms with van der Waals surface area (Å²) >= 11 is 0. The van der Waals surface area contributed by atoms with Crippen LogP contribution in [0.3, 0.4) is 0 Å². The van der Waals surface area contributed by atoms with Gasteiger partial charge in [0, 0.05) is 0 Å². The summed E-state index contributed by atoms with van der Waals surface area (Å²) in [4.78, 5) is 14.5. The van der Waals surface area contributed by atoms with Gasteiger partial charge in [-0.2, -0.15) is 0 Å². The average molecular weight is 178 g/mol. The molecule has 0 amide bonds. The first-order chi connectivity index (χ1) is 6.18. The van der Waals surface area contributed by atoms with E-state index in [9.17, 15) is 4.79 Å². The van der Waals surface area contributed by atoms with Crippen molar-refractivity contribution in [1.82, 2.24) is 14.6 Å². The molecule has 2 aromatic rings. The lowest BCUT2D eigenvalue weighted by Gasteiger charge is -1.95. The number of imidazole rings is 1. The molecule has 0 aromatic carbocycles. The van der Waals surface area contributed by atoms with E-state index in [2.05, 4.69) is 10.1 Å². The van der Waals surface area contributed by atoms with Crippen molar-refractivity contribution in [3.05, 3.63) is 24.0 Å². The minimum absolute atomic E-state index is 0.00213. The van der Waals surface area contributed by atoms with Crippen LogP contribution < -0.4 is 5.73 Å². The standard InChI is InChI=1S/C7H6N4O2/c8-5-1-2-6-9-3-4(7(12)13)11(6)10-5/h1-3H,(H2,8,10)(H,12,13). The summed E-state index contributed by atoms with van der Waals surface area (Å²) in [5.41, 5.74) is 5.87. The third-order valence-electron chi connectivity index (χ3n) is 1.60. The number of aromatic carboxylic acids is 1. The van der Waals surface area contributed by atoms with Crippen LogP contribution in [0.1, 0.15) is 10.5 Å². The van der Waals surface area contributed by atoms with E-state index in [0.29, 0.717) is 5.65 Å². The first-order valence-electron chi connectivity index (χ1n) is 3.52. The number of carbonyl (C=O) groups is 1. The molecule has 0 aliphatic heterocycles. The molecule has 2 rings (SSSR count). The molecule has 0 saturated carbocycles. The highest BCUT2D eigenvalue weighted by atomic mass is 16.4. The van der Waals surface area contributed by atoms with E-state index >= 15 is 0 Å². The Morgan fingerprint density at radius 1 is 1.54 bits per heavy atom. The summed E-state index contributed by atoms with van der Waals surface area (Å²) < 4.78 is 1.19. The van der Waals surface area contributed by atoms with Crippen molar-refractivity contribution in [2.45, 2.75) is 0 Å². The van der Waals surface area contributed by atoms with E-state index in [-0.39, 0.29) is 11.5 Å². The average Bonchev–Trinajstić information content (AvgIpc) is 2.46. The van der Waals surface area contributed by atoms with E-state index in [1.54, 1.807) is 12.1 Å². The largest absolute Gasteiger partial charge is 0.476 e. The molecule has 6 nitrogen and oxygen atoms in total. The number of fused-ring (bicyclic) bond motifs is 1. The summed E-state index contributed by atoms with van der Waals surface area (Å²) in [6, 6.07) is 3.17.